The van der Waals surface area contributed by atoms with Crippen molar-refractivity contribution in [1.29, 1.82) is 0 Å². The Kier molecular flexibility index (Phi) is 4.90. The van der Waals surface area contributed by atoms with Gasteiger partial charge in [0.15, 0.2) is 6.61 Å². The van der Waals surface area contributed by atoms with Crippen LogP contribution in [0.5, 0.6) is 5.75 Å². The molecular weight excluding hydrogens is 369 g/mol. The molecule has 0 bridgehead atoms. The second-order valence-corrected chi connectivity index (χ2v) is 6.97. The minimum atomic E-state index is -4.39. The molecule has 1 aliphatic heterocycles. The largest absolute Gasteiger partial charge is 0.632 e. The number of alkyl halides is 3. The molecule has 1 aliphatic rings. The Morgan fingerprint density at radius 2 is 2.04 bits per heavy atom. The summed E-state index contributed by atoms with van der Waals surface area (Å²) in [7, 11) is 0. The number of aryl methyl sites for hydroxylation is 1. The number of nitrogens with zero attached hydrogens (tertiary/aromatic N) is 2. The molecular formula is C18H18ClF3N2O2. The summed E-state index contributed by atoms with van der Waals surface area (Å²) in [5.41, 5.74) is 2.95. The zero-order chi connectivity index (χ0) is 19.1. The summed E-state index contributed by atoms with van der Waals surface area (Å²) in [5, 5.41) is 13.7. The van der Waals surface area contributed by atoms with Gasteiger partial charge in [-0.1, -0.05) is 11.6 Å². The van der Waals surface area contributed by atoms with Crippen molar-refractivity contribution in [2.24, 2.45) is 0 Å². The normalized spacial score (nSPS) is 20.7. The molecule has 0 aliphatic carbocycles. The minimum Gasteiger partial charge on any atom is -0.632 e. The highest BCUT2D eigenvalue weighted by atomic mass is 35.5. The Hall–Kier alpha value is -1.83. The van der Waals surface area contributed by atoms with Gasteiger partial charge in [0.05, 0.1) is 5.56 Å². The van der Waals surface area contributed by atoms with Crippen molar-refractivity contribution in [2.75, 3.05) is 6.61 Å². The van der Waals surface area contributed by atoms with Gasteiger partial charge in [-0.25, -0.2) is 4.98 Å². The molecule has 0 N–H and O–H groups in total. The first kappa shape index (κ1) is 18.9. The van der Waals surface area contributed by atoms with E-state index in [4.69, 9.17) is 16.3 Å². The quantitative estimate of drug-likeness (QED) is 0.418. The van der Waals surface area contributed by atoms with Crippen LogP contribution < -0.4 is 4.74 Å². The fourth-order valence-corrected chi connectivity index (χ4v) is 3.47. The van der Waals surface area contributed by atoms with E-state index in [9.17, 15) is 18.4 Å². The topological polar surface area (TPSA) is 45.2 Å². The summed E-state index contributed by atoms with van der Waals surface area (Å²) in [6.07, 6.45) is -2.81. The summed E-state index contributed by atoms with van der Waals surface area (Å²) in [6, 6.07) is 6.22. The van der Waals surface area contributed by atoms with Gasteiger partial charge in [-0.3, -0.25) is 0 Å². The highest BCUT2D eigenvalue weighted by Crippen LogP contribution is 2.41. The molecule has 8 heteroatoms. The van der Waals surface area contributed by atoms with E-state index in [-0.39, 0.29) is 18.8 Å². The molecule has 140 valence electrons. The minimum absolute atomic E-state index is 0.160. The van der Waals surface area contributed by atoms with Crippen LogP contribution >= 0.6 is 11.6 Å². The Morgan fingerprint density at radius 3 is 2.65 bits per heavy atom. The van der Waals surface area contributed by atoms with Crippen LogP contribution in [0.1, 0.15) is 35.2 Å². The molecule has 0 radical (unpaired) electrons. The van der Waals surface area contributed by atoms with Gasteiger partial charge in [0.25, 0.3) is 0 Å². The maximum Gasteiger partial charge on any atom is 0.422 e. The predicted molar refractivity (Wildman–Crippen MR) is 91.4 cm³/mol. The number of benzene rings is 1. The van der Waals surface area contributed by atoms with Gasteiger partial charge < -0.3 is 14.6 Å². The molecule has 1 aromatic carbocycles. The van der Waals surface area contributed by atoms with Gasteiger partial charge in [-0.15, -0.1) is 0 Å². The molecule has 0 spiro atoms. The number of halogens is 4. The SMILES string of the molecule is Cc1cc(C(C)[N+]2([O-])Cc3ccnc(Cl)c3C2)ccc1OCC(F)(F)F. The van der Waals surface area contributed by atoms with Crippen LogP contribution in [0.2, 0.25) is 5.15 Å². The van der Waals surface area contributed by atoms with E-state index in [1.165, 1.54) is 6.07 Å². The lowest BCUT2D eigenvalue weighted by molar-refractivity contribution is -0.928. The highest BCUT2D eigenvalue weighted by molar-refractivity contribution is 6.30. The lowest BCUT2D eigenvalue weighted by Gasteiger charge is -2.44. The van der Waals surface area contributed by atoms with Gasteiger partial charge >= 0.3 is 6.18 Å². The molecule has 0 saturated carbocycles. The van der Waals surface area contributed by atoms with Crippen molar-refractivity contribution in [3.05, 3.63) is 63.1 Å². The summed E-state index contributed by atoms with van der Waals surface area (Å²) in [5.74, 6) is 0.160. The van der Waals surface area contributed by atoms with Gasteiger partial charge in [-0.2, -0.15) is 13.2 Å². The number of rotatable bonds is 4. The van der Waals surface area contributed by atoms with E-state index in [1.54, 1.807) is 31.3 Å². The van der Waals surface area contributed by atoms with Crippen LogP contribution in [0.3, 0.4) is 0 Å². The molecule has 3 rings (SSSR count). The number of fused-ring (bicyclic) bond motifs is 1. The lowest BCUT2D eigenvalue weighted by Crippen LogP contribution is -2.38. The predicted octanol–water partition coefficient (Wildman–Crippen LogP) is 5.07. The van der Waals surface area contributed by atoms with E-state index >= 15 is 0 Å². The van der Waals surface area contributed by atoms with E-state index in [0.717, 1.165) is 16.7 Å². The van der Waals surface area contributed by atoms with Crippen molar-refractivity contribution < 1.29 is 22.6 Å². The first-order chi connectivity index (χ1) is 12.1. The number of pyridine rings is 1. The molecule has 2 atom stereocenters. The zero-order valence-electron chi connectivity index (χ0n) is 14.3. The van der Waals surface area contributed by atoms with Crippen molar-refractivity contribution in [3.63, 3.8) is 0 Å². The fraction of sp³-hybridized carbons (Fsp3) is 0.389. The van der Waals surface area contributed by atoms with Gasteiger partial charge in [-0.05, 0) is 43.7 Å². The molecule has 4 nitrogen and oxygen atoms in total. The number of aromatic nitrogens is 1. The first-order valence-electron chi connectivity index (χ1n) is 8.09. The van der Waals surface area contributed by atoms with Crippen molar-refractivity contribution in [2.45, 2.75) is 39.2 Å². The molecule has 26 heavy (non-hydrogen) atoms. The first-order valence-corrected chi connectivity index (χ1v) is 8.47. The molecule has 2 unspecified atom stereocenters. The third-order valence-electron chi connectivity index (χ3n) is 4.74. The average Bonchev–Trinajstić information content (AvgIpc) is 2.91. The number of hydrogen-bond acceptors (Lipinski definition) is 3. The van der Waals surface area contributed by atoms with Gasteiger partial charge in [0.1, 0.15) is 30.0 Å². The molecule has 2 aromatic rings. The highest BCUT2D eigenvalue weighted by Gasteiger charge is 2.36. The maximum atomic E-state index is 13.3. The molecule has 0 amide bonds. The summed E-state index contributed by atoms with van der Waals surface area (Å²) >= 11 is 6.10. The van der Waals surface area contributed by atoms with Crippen LogP contribution in [-0.2, 0) is 13.1 Å². The monoisotopic (exact) mass is 386 g/mol. The van der Waals surface area contributed by atoms with Gasteiger partial charge in [0, 0.05) is 17.3 Å². The maximum absolute atomic E-state index is 13.3. The van der Waals surface area contributed by atoms with Crippen molar-refractivity contribution in [1.82, 2.24) is 4.98 Å². The Balaban J connectivity index is 1.79. The molecule has 0 saturated heterocycles. The second kappa shape index (κ2) is 6.72. The standard InChI is InChI=1S/C18H18ClF3N2O2/c1-11-7-13(3-4-16(11)26-10-18(20,21)22)12(2)24(25)8-14-5-6-23-17(19)15(14)9-24/h3-7,12H,8-10H2,1-2H3. The van der Waals surface area contributed by atoms with Crippen LogP contribution in [0.15, 0.2) is 30.5 Å². The molecule has 2 heterocycles. The summed E-state index contributed by atoms with van der Waals surface area (Å²) < 4.78 is 41.2. The Labute approximate surface area is 154 Å². The molecule has 1 aromatic heterocycles. The van der Waals surface area contributed by atoms with E-state index in [0.29, 0.717) is 10.7 Å². The van der Waals surface area contributed by atoms with E-state index in [1.807, 2.05) is 6.92 Å². The zero-order valence-corrected chi connectivity index (χ0v) is 15.1. The van der Waals surface area contributed by atoms with Crippen LogP contribution in [0, 0.1) is 12.1 Å². The second-order valence-electron chi connectivity index (χ2n) is 6.61. The number of hydrogen-bond donors (Lipinski definition) is 0. The van der Waals surface area contributed by atoms with Crippen molar-refractivity contribution >= 4 is 11.6 Å². The summed E-state index contributed by atoms with van der Waals surface area (Å²) in [4.78, 5) is 4.02. The van der Waals surface area contributed by atoms with Crippen molar-refractivity contribution in [3.8, 4) is 5.75 Å². The fourth-order valence-electron chi connectivity index (χ4n) is 3.23. The third-order valence-corrected chi connectivity index (χ3v) is 5.07. The van der Waals surface area contributed by atoms with Crippen LogP contribution in [0.25, 0.3) is 0 Å². The smallest absolute Gasteiger partial charge is 0.422 e. The lowest BCUT2D eigenvalue weighted by atomic mass is 10.0. The Bertz CT molecular complexity index is 829. The average molecular weight is 387 g/mol. The van der Waals surface area contributed by atoms with Gasteiger partial charge in [0.2, 0.25) is 0 Å². The number of quaternary nitrogens is 1. The Morgan fingerprint density at radius 1 is 1.31 bits per heavy atom. The van der Waals surface area contributed by atoms with E-state index < -0.39 is 23.5 Å². The number of hydroxylamine groups is 3. The number of ether oxygens (including phenoxy) is 1. The third kappa shape index (κ3) is 3.79. The molecule has 0 fully saturated rings. The van der Waals surface area contributed by atoms with E-state index in [2.05, 4.69) is 4.98 Å². The van der Waals surface area contributed by atoms with Crippen LogP contribution in [-0.4, -0.2) is 22.4 Å². The summed E-state index contributed by atoms with van der Waals surface area (Å²) in [6.45, 7) is 2.63. The van der Waals surface area contributed by atoms with Crippen LogP contribution in [0.4, 0.5) is 13.2 Å².